The third-order valence-electron chi connectivity index (χ3n) is 5.43. The number of sulfonamides is 1. The quantitative estimate of drug-likeness (QED) is 0.492. The molecule has 1 heterocycles. The molecule has 166 valence electrons. The first-order valence-corrected chi connectivity index (χ1v) is 11.6. The van der Waals surface area contributed by atoms with Gasteiger partial charge in [0.25, 0.3) is 10.0 Å². The molecule has 0 aliphatic carbocycles. The van der Waals surface area contributed by atoms with E-state index in [9.17, 15) is 8.42 Å². The lowest BCUT2D eigenvalue weighted by Crippen LogP contribution is -2.30. The topological polar surface area (TPSA) is 73.7 Å². The first-order chi connectivity index (χ1) is 14.8. The van der Waals surface area contributed by atoms with Crippen LogP contribution >= 0.6 is 0 Å². The van der Waals surface area contributed by atoms with Crippen molar-refractivity contribution in [2.24, 2.45) is 7.05 Å². The molecular formula is C23H29N3O4S. The summed E-state index contributed by atoms with van der Waals surface area (Å²) in [6, 6.07) is 12.4. The summed E-state index contributed by atoms with van der Waals surface area (Å²) in [7, 11) is 1.03. The molecule has 1 atom stereocenters. The van der Waals surface area contributed by atoms with Gasteiger partial charge < -0.3 is 9.47 Å². The number of anilines is 1. The number of methoxy groups -OCH3 is 2. The summed E-state index contributed by atoms with van der Waals surface area (Å²) in [5.74, 6) is 1.57. The third kappa shape index (κ3) is 4.85. The highest BCUT2D eigenvalue weighted by molar-refractivity contribution is 7.92. The SMILES string of the molecule is CCC(C)c1ccc(S(=O)(=O)N(Cc2cc(OC)ccc2OC)c2cnn(C)c2)cc1. The van der Waals surface area contributed by atoms with Gasteiger partial charge in [0.2, 0.25) is 0 Å². The molecule has 0 saturated carbocycles. The van der Waals surface area contributed by atoms with Gasteiger partial charge in [-0.1, -0.05) is 26.0 Å². The molecule has 0 amide bonds. The molecule has 2 aromatic carbocycles. The zero-order chi connectivity index (χ0) is 22.6. The molecule has 1 unspecified atom stereocenters. The van der Waals surface area contributed by atoms with E-state index < -0.39 is 10.0 Å². The minimum Gasteiger partial charge on any atom is -0.497 e. The second-order valence-corrected chi connectivity index (χ2v) is 9.30. The van der Waals surface area contributed by atoms with Gasteiger partial charge in [-0.2, -0.15) is 5.10 Å². The Morgan fingerprint density at radius 2 is 1.81 bits per heavy atom. The summed E-state index contributed by atoms with van der Waals surface area (Å²) in [4.78, 5) is 0.227. The van der Waals surface area contributed by atoms with Crippen LogP contribution in [0.4, 0.5) is 5.69 Å². The van der Waals surface area contributed by atoms with Crippen LogP contribution in [0, 0.1) is 0 Å². The summed E-state index contributed by atoms with van der Waals surface area (Å²) in [5, 5.41) is 4.17. The fourth-order valence-electron chi connectivity index (χ4n) is 3.34. The monoisotopic (exact) mass is 443 g/mol. The minimum atomic E-state index is -3.85. The van der Waals surface area contributed by atoms with E-state index in [1.54, 1.807) is 62.5 Å². The Hall–Kier alpha value is -3.00. The van der Waals surface area contributed by atoms with Crippen molar-refractivity contribution in [3.05, 3.63) is 66.0 Å². The Bertz CT molecular complexity index is 1120. The van der Waals surface area contributed by atoms with Crippen LogP contribution in [0.25, 0.3) is 0 Å². The zero-order valence-electron chi connectivity index (χ0n) is 18.6. The molecule has 3 rings (SSSR count). The molecule has 0 spiro atoms. The largest absolute Gasteiger partial charge is 0.497 e. The molecule has 31 heavy (non-hydrogen) atoms. The Kier molecular flexibility index (Phi) is 6.90. The molecule has 3 aromatic rings. The fraction of sp³-hybridized carbons (Fsp3) is 0.348. The summed E-state index contributed by atoms with van der Waals surface area (Å²) in [6.07, 6.45) is 4.21. The fourth-order valence-corrected chi connectivity index (χ4v) is 4.76. The van der Waals surface area contributed by atoms with Crippen LogP contribution < -0.4 is 13.8 Å². The molecule has 8 heteroatoms. The Morgan fingerprint density at radius 3 is 2.35 bits per heavy atom. The maximum Gasteiger partial charge on any atom is 0.264 e. The summed E-state index contributed by atoms with van der Waals surface area (Å²) in [6.45, 7) is 4.31. The van der Waals surface area contributed by atoms with Gasteiger partial charge in [-0.15, -0.1) is 0 Å². The van der Waals surface area contributed by atoms with E-state index in [0.29, 0.717) is 28.7 Å². The number of hydrogen-bond donors (Lipinski definition) is 0. The standard InChI is InChI=1S/C23H29N3O4S/c1-6-17(2)18-7-10-22(11-8-18)31(27,28)26(20-14-24-25(3)16-20)15-19-13-21(29-4)9-12-23(19)30-5/h7-14,16-17H,6,15H2,1-5H3. The normalized spacial score (nSPS) is 12.4. The van der Waals surface area contributed by atoms with Crippen molar-refractivity contribution < 1.29 is 17.9 Å². The first kappa shape index (κ1) is 22.7. The Balaban J connectivity index is 2.06. The molecule has 0 fully saturated rings. The van der Waals surface area contributed by atoms with E-state index >= 15 is 0 Å². The number of nitrogens with zero attached hydrogens (tertiary/aromatic N) is 3. The summed E-state index contributed by atoms with van der Waals surface area (Å²) in [5.41, 5.74) is 2.27. The average molecular weight is 444 g/mol. The summed E-state index contributed by atoms with van der Waals surface area (Å²) >= 11 is 0. The molecule has 7 nitrogen and oxygen atoms in total. The number of aryl methyl sites for hydroxylation is 1. The number of aromatic nitrogens is 2. The molecule has 0 bridgehead atoms. The van der Waals surface area contributed by atoms with Crippen LogP contribution in [0.2, 0.25) is 0 Å². The van der Waals surface area contributed by atoms with E-state index in [4.69, 9.17) is 9.47 Å². The second kappa shape index (κ2) is 9.43. The predicted molar refractivity (Wildman–Crippen MR) is 121 cm³/mol. The van der Waals surface area contributed by atoms with Crippen molar-refractivity contribution in [1.29, 1.82) is 0 Å². The van der Waals surface area contributed by atoms with Crippen LogP contribution in [0.15, 0.2) is 59.8 Å². The van der Waals surface area contributed by atoms with Crippen molar-refractivity contribution in [3.8, 4) is 11.5 Å². The van der Waals surface area contributed by atoms with Crippen LogP contribution in [-0.2, 0) is 23.6 Å². The van der Waals surface area contributed by atoms with Gasteiger partial charge >= 0.3 is 0 Å². The number of benzene rings is 2. The highest BCUT2D eigenvalue weighted by Gasteiger charge is 2.27. The Labute approximate surface area is 184 Å². The van der Waals surface area contributed by atoms with Crippen molar-refractivity contribution >= 4 is 15.7 Å². The van der Waals surface area contributed by atoms with Crippen molar-refractivity contribution in [2.75, 3.05) is 18.5 Å². The smallest absolute Gasteiger partial charge is 0.264 e. The van der Waals surface area contributed by atoms with Gasteiger partial charge in [0.1, 0.15) is 11.5 Å². The minimum absolute atomic E-state index is 0.0709. The Morgan fingerprint density at radius 1 is 1.10 bits per heavy atom. The highest BCUT2D eigenvalue weighted by atomic mass is 32.2. The molecular weight excluding hydrogens is 414 g/mol. The van der Waals surface area contributed by atoms with E-state index in [1.165, 1.54) is 10.5 Å². The van der Waals surface area contributed by atoms with Crippen molar-refractivity contribution in [2.45, 2.75) is 37.6 Å². The molecule has 0 radical (unpaired) electrons. The van der Waals surface area contributed by atoms with Gasteiger partial charge in [0, 0.05) is 18.8 Å². The highest BCUT2D eigenvalue weighted by Crippen LogP contribution is 2.31. The van der Waals surface area contributed by atoms with Gasteiger partial charge in [0.15, 0.2) is 0 Å². The first-order valence-electron chi connectivity index (χ1n) is 10.1. The molecule has 0 aliphatic heterocycles. The number of hydrogen-bond acceptors (Lipinski definition) is 5. The lowest BCUT2D eigenvalue weighted by molar-refractivity contribution is 0.399. The molecule has 0 aliphatic rings. The van der Waals surface area contributed by atoms with Crippen LogP contribution in [0.1, 0.15) is 37.3 Å². The van der Waals surface area contributed by atoms with E-state index in [-0.39, 0.29) is 11.4 Å². The van der Waals surface area contributed by atoms with E-state index in [0.717, 1.165) is 12.0 Å². The third-order valence-corrected chi connectivity index (χ3v) is 7.22. The van der Waals surface area contributed by atoms with Crippen LogP contribution in [-0.4, -0.2) is 32.4 Å². The summed E-state index contributed by atoms with van der Waals surface area (Å²) < 4.78 is 41.0. The zero-order valence-corrected chi connectivity index (χ0v) is 19.4. The van der Waals surface area contributed by atoms with Gasteiger partial charge in [0.05, 0.1) is 37.5 Å². The lowest BCUT2D eigenvalue weighted by Gasteiger charge is -2.24. The average Bonchev–Trinajstić information content (AvgIpc) is 3.22. The van der Waals surface area contributed by atoms with Crippen molar-refractivity contribution in [1.82, 2.24) is 9.78 Å². The van der Waals surface area contributed by atoms with Crippen molar-refractivity contribution in [3.63, 3.8) is 0 Å². The van der Waals surface area contributed by atoms with E-state index in [2.05, 4.69) is 18.9 Å². The maximum atomic E-state index is 13.7. The lowest BCUT2D eigenvalue weighted by atomic mass is 9.99. The predicted octanol–water partition coefficient (Wildman–Crippen LogP) is 4.35. The van der Waals surface area contributed by atoms with Crippen LogP contribution in [0.3, 0.4) is 0 Å². The maximum absolute atomic E-state index is 13.7. The number of ether oxygens (including phenoxy) is 2. The van der Waals surface area contributed by atoms with Gasteiger partial charge in [-0.25, -0.2) is 8.42 Å². The molecule has 0 N–H and O–H groups in total. The number of rotatable bonds is 9. The molecule has 1 aromatic heterocycles. The van der Waals surface area contributed by atoms with Gasteiger partial charge in [-0.3, -0.25) is 8.99 Å². The van der Waals surface area contributed by atoms with E-state index in [1.807, 2.05) is 12.1 Å². The van der Waals surface area contributed by atoms with Gasteiger partial charge in [-0.05, 0) is 48.2 Å². The second-order valence-electron chi connectivity index (χ2n) is 7.44. The van der Waals surface area contributed by atoms with Crippen LogP contribution in [0.5, 0.6) is 11.5 Å². The molecule has 0 saturated heterocycles.